The van der Waals surface area contributed by atoms with Gasteiger partial charge in [0, 0.05) is 15.7 Å². The molecule has 0 bridgehead atoms. The summed E-state index contributed by atoms with van der Waals surface area (Å²) in [5.74, 6) is -1.12. The maximum Gasteiger partial charge on any atom is 0.350 e. The molecule has 11 heteroatoms. The Labute approximate surface area is 174 Å². The van der Waals surface area contributed by atoms with E-state index in [1.165, 1.54) is 6.42 Å². The molecule has 3 rings (SSSR count). The molecular formula is C18H26F2N3O4PS. The van der Waals surface area contributed by atoms with Gasteiger partial charge < -0.3 is 20.5 Å². The average molecular weight is 449 g/mol. The van der Waals surface area contributed by atoms with E-state index >= 15 is 0 Å². The van der Waals surface area contributed by atoms with Gasteiger partial charge in [0.15, 0.2) is 17.8 Å². The molecule has 2 heterocycles. The number of aliphatic hydroxyl groups is 1. The largest absolute Gasteiger partial charge is 0.508 e. The van der Waals surface area contributed by atoms with Gasteiger partial charge in [0.2, 0.25) is 0 Å². The summed E-state index contributed by atoms with van der Waals surface area (Å²) in [5, 5.41) is 16.7. The van der Waals surface area contributed by atoms with Gasteiger partial charge in [-0.3, -0.25) is 4.57 Å². The van der Waals surface area contributed by atoms with Gasteiger partial charge in [0.1, 0.15) is 17.2 Å². The van der Waals surface area contributed by atoms with Crippen molar-refractivity contribution in [2.45, 2.75) is 43.2 Å². The predicted molar refractivity (Wildman–Crippen MR) is 114 cm³/mol. The molecule has 1 saturated heterocycles. The van der Waals surface area contributed by atoms with E-state index in [0.717, 1.165) is 22.5 Å². The highest BCUT2D eigenvalue weighted by Crippen LogP contribution is 2.43. The number of para-hydroxylation sites is 1. The lowest BCUT2D eigenvalue weighted by Gasteiger charge is -2.15. The molecule has 0 radical (unpaired) electrons. The number of hydrogen-bond acceptors (Lipinski definition) is 7. The van der Waals surface area contributed by atoms with Gasteiger partial charge in [0.05, 0.1) is 11.9 Å². The van der Waals surface area contributed by atoms with Crippen molar-refractivity contribution in [1.29, 1.82) is 0 Å². The van der Waals surface area contributed by atoms with Crippen LogP contribution in [0.2, 0.25) is 0 Å². The van der Waals surface area contributed by atoms with Crippen molar-refractivity contribution in [2.24, 2.45) is 0 Å². The summed E-state index contributed by atoms with van der Waals surface area (Å²) in [4.78, 5) is 14.9. The number of rotatable bonds is 3. The van der Waals surface area contributed by atoms with Crippen LogP contribution in [0.15, 0.2) is 41.3 Å². The number of phenols is 1. The lowest BCUT2D eigenvalue weighted by Crippen LogP contribution is -2.34. The molecule has 1 aromatic carbocycles. The standard InChI is InChI=1S/C9H12F2N3O3PS.C6H6O.C3H8/c10-3-1-14(9(16)13-7(3)12)8-5(11)6(15)4(19-8)2-17-18;7-6-4-2-1-3-5-6;1-3-2/h1,4-6,8,15H,2,18H2,(H2,12,13,16);1-5,7H;3H2,1-2H3/t4?,5?,6-,8?;;/m1../s1. The van der Waals surface area contributed by atoms with Crippen molar-refractivity contribution in [3.05, 3.63) is 52.8 Å². The SMILES string of the molecule is CCC.Nc1nc(=O)n(C2SC(COP)[C@@H](O)C2F)cc1F.Oc1ccccc1. The van der Waals surface area contributed by atoms with E-state index in [-0.39, 0.29) is 6.61 Å². The summed E-state index contributed by atoms with van der Waals surface area (Å²) >= 11 is 0.985. The first-order valence-electron chi connectivity index (χ1n) is 8.84. The molecule has 162 valence electrons. The number of nitrogen functional groups attached to an aromatic ring is 1. The van der Waals surface area contributed by atoms with Crippen LogP contribution in [0.3, 0.4) is 0 Å². The van der Waals surface area contributed by atoms with Crippen molar-refractivity contribution < 1.29 is 23.5 Å². The number of aromatic hydroxyl groups is 1. The zero-order chi connectivity index (χ0) is 22.0. The number of benzene rings is 1. The van der Waals surface area contributed by atoms with Crippen molar-refractivity contribution in [2.75, 3.05) is 12.3 Å². The second-order valence-corrected chi connectivity index (χ2v) is 7.73. The Balaban J connectivity index is 0.000000347. The maximum absolute atomic E-state index is 14.0. The molecule has 0 amide bonds. The Morgan fingerprint density at radius 1 is 1.34 bits per heavy atom. The zero-order valence-electron chi connectivity index (χ0n) is 16.1. The maximum atomic E-state index is 14.0. The number of hydrogen-bond donors (Lipinski definition) is 3. The number of nitrogens with zero attached hydrogens (tertiary/aromatic N) is 2. The van der Waals surface area contributed by atoms with Crippen LogP contribution >= 0.6 is 21.2 Å². The fraction of sp³-hybridized carbons (Fsp3) is 0.444. The van der Waals surface area contributed by atoms with Crippen LogP contribution in [0.4, 0.5) is 14.6 Å². The quantitative estimate of drug-likeness (QED) is 0.618. The van der Waals surface area contributed by atoms with E-state index in [9.17, 15) is 18.7 Å². The van der Waals surface area contributed by atoms with Crippen LogP contribution in [-0.4, -0.2) is 43.9 Å². The number of thioether (sulfide) groups is 1. The molecule has 4 N–H and O–H groups in total. The van der Waals surface area contributed by atoms with E-state index in [1.807, 2.05) is 15.5 Å². The van der Waals surface area contributed by atoms with Gasteiger partial charge >= 0.3 is 5.69 Å². The molecule has 2 aromatic rings. The number of alkyl halides is 1. The van der Waals surface area contributed by atoms with Gasteiger partial charge in [-0.25, -0.2) is 13.6 Å². The van der Waals surface area contributed by atoms with Crippen LogP contribution in [0.1, 0.15) is 25.6 Å². The predicted octanol–water partition coefficient (Wildman–Crippen LogP) is 2.89. The second-order valence-electron chi connectivity index (χ2n) is 6.04. The minimum atomic E-state index is -1.72. The van der Waals surface area contributed by atoms with Gasteiger partial charge in [-0.1, -0.05) is 38.5 Å². The molecule has 1 aliphatic heterocycles. The van der Waals surface area contributed by atoms with Crippen LogP contribution in [0.5, 0.6) is 5.75 Å². The first-order valence-corrected chi connectivity index (χ1v) is 10.3. The van der Waals surface area contributed by atoms with Crippen LogP contribution < -0.4 is 11.4 Å². The van der Waals surface area contributed by atoms with Crippen LogP contribution in [0, 0.1) is 5.82 Å². The van der Waals surface area contributed by atoms with Crippen molar-refractivity contribution in [1.82, 2.24) is 9.55 Å². The highest BCUT2D eigenvalue weighted by Gasteiger charge is 2.45. The lowest BCUT2D eigenvalue weighted by atomic mass is 10.1. The Hall–Kier alpha value is -1.74. The smallest absolute Gasteiger partial charge is 0.350 e. The molecule has 4 unspecified atom stereocenters. The number of halogens is 2. The normalized spacial score (nSPS) is 22.8. The van der Waals surface area contributed by atoms with Gasteiger partial charge in [0.25, 0.3) is 0 Å². The monoisotopic (exact) mass is 449 g/mol. The molecule has 1 aromatic heterocycles. The van der Waals surface area contributed by atoms with Crippen molar-refractivity contribution in [3.8, 4) is 5.75 Å². The fourth-order valence-corrected chi connectivity index (χ4v) is 3.99. The molecule has 0 aliphatic carbocycles. The third-order valence-electron chi connectivity index (χ3n) is 3.52. The minimum absolute atomic E-state index is 0.0903. The van der Waals surface area contributed by atoms with Crippen molar-refractivity contribution in [3.63, 3.8) is 0 Å². The highest BCUT2D eigenvalue weighted by atomic mass is 32.2. The van der Waals surface area contributed by atoms with Crippen LogP contribution in [0.25, 0.3) is 0 Å². The van der Waals surface area contributed by atoms with Crippen LogP contribution in [-0.2, 0) is 4.52 Å². The molecule has 29 heavy (non-hydrogen) atoms. The van der Waals surface area contributed by atoms with E-state index in [2.05, 4.69) is 18.8 Å². The van der Waals surface area contributed by atoms with Gasteiger partial charge in [-0.05, 0) is 12.1 Å². The molecule has 0 saturated carbocycles. The third-order valence-corrected chi connectivity index (χ3v) is 5.24. The summed E-state index contributed by atoms with van der Waals surface area (Å²) < 4.78 is 32.9. The summed E-state index contributed by atoms with van der Waals surface area (Å²) in [6, 6.07) is 8.71. The summed E-state index contributed by atoms with van der Waals surface area (Å²) in [5.41, 5.74) is 4.29. The topological polar surface area (TPSA) is 111 Å². The fourth-order valence-electron chi connectivity index (χ4n) is 2.23. The molecule has 5 atom stereocenters. The number of aliphatic hydroxyl groups excluding tert-OH is 1. The number of phenolic OH excluding ortho intramolecular Hbond substituents is 1. The molecular weight excluding hydrogens is 423 g/mol. The second kappa shape index (κ2) is 12.7. The highest BCUT2D eigenvalue weighted by molar-refractivity contribution is 8.00. The number of anilines is 1. The molecule has 0 spiro atoms. The number of aromatic nitrogens is 2. The Morgan fingerprint density at radius 2 is 1.93 bits per heavy atom. The first kappa shape index (κ1) is 25.3. The summed E-state index contributed by atoms with van der Waals surface area (Å²) in [7, 11) is 2.00. The third kappa shape index (κ3) is 7.54. The zero-order valence-corrected chi connectivity index (χ0v) is 18.1. The average Bonchev–Trinajstić information content (AvgIpc) is 2.95. The van der Waals surface area contributed by atoms with E-state index in [4.69, 9.17) is 15.4 Å². The first-order chi connectivity index (χ1) is 13.8. The van der Waals surface area contributed by atoms with E-state index in [0.29, 0.717) is 5.75 Å². The van der Waals surface area contributed by atoms with E-state index in [1.54, 1.807) is 24.3 Å². The Bertz CT molecular complexity index is 800. The summed E-state index contributed by atoms with van der Waals surface area (Å²) in [6.07, 6.45) is -0.980. The Kier molecular flexibility index (Phi) is 11.1. The van der Waals surface area contributed by atoms with Gasteiger partial charge in [-0.15, -0.1) is 11.8 Å². The molecule has 1 fully saturated rings. The molecule has 1 aliphatic rings. The van der Waals surface area contributed by atoms with Crippen molar-refractivity contribution >= 4 is 27.0 Å². The Morgan fingerprint density at radius 3 is 2.41 bits per heavy atom. The number of nitrogens with two attached hydrogens (primary N) is 1. The molecule has 7 nitrogen and oxygen atoms in total. The van der Waals surface area contributed by atoms with E-state index < -0.39 is 40.2 Å². The van der Waals surface area contributed by atoms with Gasteiger partial charge in [-0.2, -0.15) is 4.98 Å². The lowest BCUT2D eigenvalue weighted by molar-refractivity contribution is 0.0673. The minimum Gasteiger partial charge on any atom is -0.508 e. The summed E-state index contributed by atoms with van der Waals surface area (Å²) in [6.45, 7) is 4.34.